The van der Waals surface area contributed by atoms with Crippen LogP contribution in [0, 0.1) is 0 Å². The van der Waals surface area contributed by atoms with Crippen LogP contribution in [0.4, 0.5) is 0 Å². The molecule has 0 aromatic heterocycles. The summed E-state index contributed by atoms with van der Waals surface area (Å²) in [6.07, 6.45) is 0. The van der Waals surface area contributed by atoms with Crippen LogP contribution in [-0.2, 0) is 6.54 Å². The quantitative estimate of drug-likeness (QED) is 0.755. The molecule has 6 nitrogen and oxygen atoms in total. The van der Waals surface area contributed by atoms with Crippen molar-refractivity contribution in [1.29, 1.82) is 0 Å². The van der Waals surface area contributed by atoms with Crippen molar-refractivity contribution in [3.05, 3.63) is 23.8 Å². The molecule has 6 heteroatoms. The van der Waals surface area contributed by atoms with Crippen LogP contribution in [0.25, 0.3) is 0 Å². The Hall–Kier alpha value is -1.34. The Morgan fingerprint density at radius 1 is 1.29 bits per heavy atom. The van der Waals surface area contributed by atoms with Crippen molar-refractivity contribution >= 4 is 0 Å². The van der Waals surface area contributed by atoms with Gasteiger partial charge in [-0.3, -0.25) is 9.80 Å². The molecule has 0 spiro atoms. The zero-order valence-corrected chi connectivity index (χ0v) is 15.4. The zero-order valence-electron chi connectivity index (χ0n) is 15.4. The number of rotatable bonds is 8. The van der Waals surface area contributed by atoms with E-state index in [9.17, 15) is 5.11 Å². The van der Waals surface area contributed by atoms with E-state index in [0.29, 0.717) is 6.61 Å². The molecule has 0 radical (unpaired) electrons. The molecular weight excluding hydrogens is 306 g/mol. The maximum absolute atomic E-state index is 9.53. The van der Waals surface area contributed by atoms with Gasteiger partial charge in [0.2, 0.25) is 0 Å². The van der Waals surface area contributed by atoms with E-state index in [1.54, 1.807) is 7.11 Å². The van der Waals surface area contributed by atoms with Gasteiger partial charge >= 0.3 is 0 Å². The molecule has 1 aromatic carbocycles. The van der Waals surface area contributed by atoms with Crippen molar-refractivity contribution in [2.24, 2.45) is 0 Å². The third-order valence-corrected chi connectivity index (χ3v) is 4.53. The van der Waals surface area contributed by atoms with Gasteiger partial charge in [0.15, 0.2) is 11.5 Å². The lowest BCUT2D eigenvalue weighted by Crippen LogP contribution is -2.52. The van der Waals surface area contributed by atoms with Gasteiger partial charge in [-0.1, -0.05) is 12.1 Å². The van der Waals surface area contributed by atoms with Crippen LogP contribution in [-0.4, -0.2) is 93.5 Å². The standard InChI is InChI=1S/C18H31N3O3/c1-19(2)10-11-24-18-15(6-5-7-17(18)23-4)12-21-9-8-20(3)16(13-21)14-22/h5-7,16,22H,8-14H2,1-4H3. The molecule has 1 N–H and O–H groups in total. The number of hydrogen-bond donors (Lipinski definition) is 1. The van der Waals surface area contributed by atoms with Crippen molar-refractivity contribution in [2.45, 2.75) is 12.6 Å². The van der Waals surface area contributed by atoms with Gasteiger partial charge in [0.25, 0.3) is 0 Å². The van der Waals surface area contributed by atoms with Crippen LogP contribution in [0.1, 0.15) is 5.56 Å². The Morgan fingerprint density at radius 2 is 2.08 bits per heavy atom. The van der Waals surface area contributed by atoms with Gasteiger partial charge in [0, 0.05) is 44.3 Å². The highest BCUT2D eigenvalue weighted by atomic mass is 16.5. The first kappa shape index (κ1) is 19.0. The molecule has 1 unspecified atom stereocenters. The number of nitrogens with zero attached hydrogens (tertiary/aromatic N) is 3. The SMILES string of the molecule is COc1cccc(CN2CCN(C)C(CO)C2)c1OCCN(C)C. The predicted molar refractivity (Wildman–Crippen MR) is 95.8 cm³/mol. The fourth-order valence-corrected chi connectivity index (χ4v) is 2.93. The first-order valence-electron chi connectivity index (χ1n) is 8.52. The molecule has 136 valence electrons. The monoisotopic (exact) mass is 337 g/mol. The summed E-state index contributed by atoms with van der Waals surface area (Å²) in [7, 11) is 7.81. The molecule has 1 saturated heterocycles. The number of para-hydroxylation sites is 1. The van der Waals surface area contributed by atoms with Gasteiger partial charge in [-0.15, -0.1) is 0 Å². The fourth-order valence-electron chi connectivity index (χ4n) is 2.93. The van der Waals surface area contributed by atoms with E-state index in [4.69, 9.17) is 9.47 Å². The summed E-state index contributed by atoms with van der Waals surface area (Å²) in [5.41, 5.74) is 1.13. The van der Waals surface area contributed by atoms with Crippen molar-refractivity contribution in [2.75, 3.05) is 67.6 Å². The molecular formula is C18H31N3O3. The topological polar surface area (TPSA) is 48.4 Å². The summed E-state index contributed by atoms with van der Waals surface area (Å²) >= 11 is 0. The molecule has 0 bridgehead atoms. The van der Waals surface area contributed by atoms with E-state index in [1.807, 2.05) is 26.2 Å². The fraction of sp³-hybridized carbons (Fsp3) is 0.667. The van der Waals surface area contributed by atoms with E-state index < -0.39 is 0 Å². The highest BCUT2D eigenvalue weighted by Gasteiger charge is 2.24. The Labute approximate surface area is 145 Å². The molecule has 24 heavy (non-hydrogen) atoms. The summed E-state index contributed by atoms with van der Waals surface area (Å²) < 4.78 is 11.5. The number of benzene rings is 1. The summed E-state index contributed by atoms with van der Waals surface area (Å²) in [4.78, 5) is 6.69. The summed E-state index contributed by atoms with van der Waals surface area (Å²) in [6.45, 7) is 5.30. The molecule has 1 aromatic rings. The van der Waals surface area contributed by atoms with Gasteiger partial charge in [-0.2, -0.15) is 0 Å². The van der Waals surface area contributed by atoms with Gasteiger partial charge in [0.05, 0.1) is 13.7 Å². The van der Waals surface area contributed by atoms with Gasteiger partial charge in [-0.05, 0) is 27.2 Å². The maximum atomic E-state index is 9.53. The smallest absolute Gasteiger partial charge is 0.165 e. The van der Waals surface area contributed by atoms with Crippen LogP contribution in [0.2, 0.25) is 0 Å². The Balaban J connectivity index is 2.08. The lowest BCUT2D eigenvalue weighted by atomic mass is 10.1. The number of hydrogen-bond acceptors (Lipinski definition) is 6. The summed E-state index contributed by atoms with van der Waals surface area (Å²) in [5.74, 6) is 1.61. The number of ether oxygens (including phenoxy) is 2. The minimum atomic E-state index is 0.192. The third kappa shape index (κ3) is 5.08. The van der Waals surface area contributed by atoms with E-state index in [2.05, 4.69) is 27.8 Å². The lowest BCUT2D eigenvalue weighted by Gasteiger charge is -2.38. The molecule has 1 heterocycles. The number of aliphatic hydroxyl groups is 1. The number of piperazine rings is 1. The normalized spacial score (nSPS) is 19.7. The highest BCUT2D eigenvalue weighted by molar-refractivity contribution is 5.46. The van der Waals surface area contributed by atoms with Crippen LogP contribution >= 0.6 is 0 Å². The minimum absolute atomic E-state index is 0.192. The molecule has 0 saturated carbocycles. The van der Waals surface area contributed by atoms with Crippen molar-refractivity contribution < 1.29 is 14.6 Å². The van der Waals surface area contributed by atoms with Crippen LogP contribution in [0.15, 0.2) is 18.2 Å². The molecule has 1 aliphatic heterocycles. The van der Waals surface area contributed by atoms with E-state index in [0.717, 1.165) is 49.8 Å². The molecule has 1 aliphatic rings. The van der Waals surface area contributed by atoms with Crippen LogP contribution in [0.3, 0.4) is 0 Å². The molecule has 0 aliphatic carbocycles. The number of likely N-dealkylation sites (N-methyl/N-ethyl adjacent to an activating group) is 2. The Bertz CT molecular complexity index is 510. The summed E-state index contributed by atoms with van der Waals surface area (Å²) in [6, 6.07) is 6.24. The van der Waals surface area contributed by atoms with Crippen molar-refractivity contribution in [3.8, 4) is 11.5 Å². The Morgan fingerprint density at radius 3 is 2.75 bits per heavy atom. The van der Waals surface area contributed by atoms with Crippen molar-refractivity contribution in [3.63, 3.8) is 0 Å². The third-order valence-electron chi connectivity index (χ3n) is 4.53. The first-order valence-corrected chi connectivity index (χ1v) is 8.52. The molecule has 1 fully saturated rings. The van der Waals surface area contributed by atoms with Crippen molar-refractivity contribution in [1.82, 2.24) is 14.7 Å². The average molecular weight is 337 g/mol. The maximum Gasteiger partial charge on any atom is 0.165 e. The van der Waals surface area contributed by atoms with Gasteiger partial charge in [-0.25, -0.2) is 0 Å². The van der Waals surface area contributed by atoms with Crippen LogP contribution in [0.5, 0.6) is 11.5 Å². The van der Waals surface area contributed by atoms with E-state index in [-0.39, 0.29) is 12.6 Å². The molecule has 2 rings (SSSR count). The average Bonchev–Trinajstić information content (AvgIpc) is 2.57. The second-order valence-electron chi connectivity index (χ2n) is 6.65. The largest absolute Gasteiger partial charge is 0.493 e. The van der Waals surface area contributed by atoms with E-state index in [1.165, 1.54) is 0 Å². The molecule has 1 atom stereocenters. The number of methoxy groups -OCH3 is 1. The number of aliphatic hydroxyl groups excluding tert-OH is 1. The summed E-state index contributed by atoms with van der Waals surface area (Å²) in [5, 5.41) is 9.53. The second kappa shape index (κ2) is 9.22. The predicted octanol–water partition coefficient (Wildman–Crippen LogP) is 0.744. The van der Waals surface area contributed by atoms with Gasteiger partial charge in [0.1, 0.15) is 6.61 Å². The second-order valence-corrected chi connectivity index (χ2v) is 6.65. The van der Waals surface area contributed by atoms with E-state index >= 15 is 0 Å². The lowest BCUT2D eigenvalue weighted by molar-refractivity contribution is 0.0534. The molecule has 0 amide bonds. The zero-order chi connectivity index (χ0) is 17.5. The first-order chi connectivity index (χ1) is 11.5. The van der Waals surface area contributed by atoms with Crippen LogP contribution < -0.4 is 9.47 Å². The van der Waals surface area contributed by atoms with Gasteiger partial charge < -0.3 is 19.5 Å². The minimum Gasteiger partial charge on any atom is -0.493 e. The highest BCUT2D eigenvalue weighted by Crippen LogP contribution is 2.32. The Kier molecular flexibility index (Phi) is 7.30.